The van der Waals surface area contributed by atoms with Gasteiger partial charge in [-0.25, -0.2) is 0 Å². The minimum atomic E-state index is -0.341. The van der Waals surface area contributed by atoms with Crippen molar-refractivity contribution in [2.45, 2.75) is 29.8 Å². The lowest BCUT2D eigenvalue weighted by molar-refractivity contribution is 0.765. The molecule has 0 saturated carbocycles. The van der Waals surface area contributed by atoms with Crippen molar-refractivity contribution in [3.63, 3.8) is 0 Å². The molecule has 30 heavy (non-hydrogen) atoms. The van der Waals surface area contributed by atoms with Crippen molar-refractivity contribution in [1.82, 2.24) is 0 Å². The minimum Gasteiger partial charge on any atom is -0.0791 e. The molecular weight excluding hydrogens is 379 g/mol. The highest BCUT2D eigenvalue weighted by Crippen LogP contribution is 2.77. The second-order valence-electron chi connectivity index (χ2n) is 8.10. The van der Waals surface area contributed by atoms with E-state index in [1.807, 2.05) is 0 Å². The van der Waals surface area contributed by atoms with Crippen LogP contribution in [0.4, 0.5) is 0 Å². The summed E-state index contributed by atoms with van der Waals surface area (Å²) in [6, 6.07) is 44.9. The van der Waals surface area contributed by atoms with Crippen LogP contribution >= 0.6 is 7.92 Å². The van der Waals surface area contributed by atoms with E-state index in [9.17, 15) is 0 Å². The molecule has 0 nitrogen and oxygen atoms in total. The average molecular weight is 407 g/mol. The molecule has 0 bridgehead atoms. The SMILES string of the molecule is c1ccc(C(c2ccccc2)P2[C@H](c3ccccc3)CC[C@H]2c2ccccc2)cc1. The Morgan fingerprint density at radius 1 is 0.467 bits per heavy atom. The summed E-state index contributed by atoms with van der Waals surface area (Å²) in [5.41, 5.74) is 7.63. The third-order valence-corrected chi connectivity index (χ3v) is 10.1. The van der Waals surface area contributed by atoms with Gasteiger partial charge >= 0.3 is 0 Å². The van der Waals surface area contributed by atoms with Gasteiger partial charge in [-0.3, -0.25) is 0 Å². The third-order valence-electron chi connectivity index (χ3n) is 6.33. The zero-order valence-corrected chi connectivity index (χ0v) is 18.0. The molecule has 0 amide bonds. The number of benzene rings is 4. The van der Waals surface area contributed by atoms with Crippen LogP contribution in [0.25, 0.3) is 0 Å². The Bertz CT molecular complexity index is 958. The third kappa shape index (κ3) is 3.85. The fraction of sp³-hybridized carbons (Fsp3) is 0.172. The van der Waals surface area contributed by atoms with Crippen LogP contribution in [-0.2, 0) is 0 Å². The van der Waals surface area contributed by atoms with Crippen LogP contribution in [-0.4, -0.2) is 0 Å². The predicted molar refractivity (Wildman–Crippen MR) is 129 cm³/mol. The Labute approximate surface area is 181 Å². The van der Waals surface area contributed by atoms with Crippen LogP contribution in [0.2, 0.25) is 0 Å². The van der Waals surface area contributed by atoms with Gasteiger partial charge < -0.3 is 0 Å². The van der Waals surface area contributed by atoms with Gasteiger partial charge in [-0.05, 0) is 35.1 Å². The average Bonchev–Trinajstić information content (AvgIpc) is 3.26. The molecule has 1 heterocycles. The number of hydrogen-bond acceptors (Lipinski definition) is 0. The molecule has 1 fully saturated rings. The highest BCUT2D eigenvalue weighted by Gasteiger charge is 2.42. The van der Waals surface area contributed by atoms with E-state index in [1.165, 1.54) is 35.1 Å². The maximum atomic E-state index is 2.35. The maximum absolute atomic E-state index is 2.35. The fourth-order valence-corrected chi connectivity index (χ4v) is 9.14. The van der Waals surface area contributed by atoms with Gasteiger partial charge in [0, 0.05) is 17.0 Å². The van der Waals surface area contributed by atoms with E-state index in [1.54, 1.807) is 0 Å². The normalized spacial score (nSPS) is 19.2. The molecule has 5 rings (SSSR count). The Morgan fingerprint density at radius 2 is 0.800 bits per heavy atom. The van der Waals surface area contributed by atoms with Crippen molar-refractivity contribution in [3.05, 3.63) is 144 Å². The molecule has 4 aromatic carbocycles. The first kappa shape index (κ1) is 19.3. The van der Waals surface area contributed by atoms with Crippen LogP contribution in [0.3, 0.4) is 0 Å². The quantitative estimate of drug-likeness (QED) is 0.291. The van der Waals surface area contributed by atoms with Gasteiger partial charge in [0.25, 0.3) is 0 Å². The standard InChI is InChI=1S/C29H27P/c1-5-13-23(14-6-1)27-21-22-28(24-15-7-2-8-16-24)30(27)29(25-17-9-3-10-18-25)26-19-11-4-12-20-26/h1-20,27-29H,21-22H2/t27-,28-/m0/s1. The molecule has 0 spiro atoms. The second kappa shape index (κ2) is 8.99. The van der Waals surface area contributed by atoms with Crippen molar-refractivity contribution in [2.24, 2.45) is 0 Å². The van der Waals surface area contributed by atoms with Crippen molar-refractivity contribution in [2.75, 3.05) is 0 Å². The highest BCUT2D eigenvalue weighted by molar-refractivity contribution is 7.59. The lowest BCUT2D eigenvalue weighted by Crippen LogP contribution is -2.06. The van der Waals surface area contributed by atoms with Gasteiger partial charge in [-0.2, -0.15) is 0 Å². The van der Waals surface area contributed by atoms with Crippen molar-refractivity contribution < 1.29 is 0 Å². The zero-order valence-electron chi connectivity index (χ0n) is 17.1. The summed E-state index contributed by atoms with van der Waals surface area (Å²) >= 11 is 0. The Morgan fingerprint density at radius 3 is 1.17 bits per heavy atom. The molecule has 148 valence electrons. The first-order valence-electron chi connectivity index (χ1n) is 10.9. The van der Waals surface area contributed by atoms with Crippen LogP contribution in [0.1, 0.15) is 52.1 Å². The van der Waals surface area contributed by atoms with Crippen LogP contribution in [0.15, 0.2) is 121 Å². The van der Waals surface area contributed by atoms with Gasteiger partial charge in [0.2, 0.25) is 0 Å². The maximum Gasteiger partial charge on any atom is 0.0302 e. The molecule has 1 aliphatic rings. The lowest BCUT2D eigenvalue weighted by Gasteiger charge is -2.35. The second-order valence-corrected chi connectivity index (χ2v) is 10.8. The smallest absolute Gasteiger partial charge is 0.0302 e. The van der Waals surface area contributed by atoms with E-state index < -0.39 is 0 Å². The topological polar surface area (TPSA) is 0 Å². The molecule has 0 aromatic heterocycles. The molecule has 0 N–H and O–H groups in total. The molecule has 0 unspecified atom stereocenters. The fourth-order valence-electron chi connectivity index (χ4n) is 5.03. The van der Waals surface area contributed by atoms with Gasteiger partial charge in [0.15, 0.2) is 0 Å². The molecule has 4 aromatic rings. The van der Waals surface area contributed by atoms with Crippen LogP contribution in [0, 0.1) is 0 Å². The van der Waals surface area contributed by atoms with E-state index in [4.69, 9.17) is 0 Å². The van der Waals surface area contributed by atoms with Crippen molar-refractivity contribution in [1.29, 1.82) is 0 Å². The van der Waals surface area contributed by atoms with E-state index in [-0.39, 0.29) is 7.92 Å². The Hall–Kier alpha value is -2.69. The van der Waals surface area contributed by atoms with Gasteiger partial charge in [-0.1, -0.05) is 129 Å². The van der Waals surface area contributed by atoms with E-state index in [0.717, 1.165) is 0 Å². The van der Waals surface area contributed by atoms with Gasteiger partial charge in [0.05, 0.1) is 0 Å². The molecule has 0 aliphatic carbocycles. The Kier molecular flexibility index (Phi) is 5.78. The number of hydrogen-bond donors (Lipinski definition) is 0. The molecule has 1 saturated heterocycles. The van der Waals surface area contributed by atoms with Crippen molar-refractivity contribution in [3.8, 4) is 0 Å². The molecule has 0 radical (unpaired) electrons. The summed E-state index contributed by atoms with van der Waals surface area (Å²) in [6.07, 6.45) is 2.54. The molecular formula is C29H27P. The summed E-state index contributed by atoms with van der Waals surface area (Å²) < 4.78 is 0. The molecule has 1 heteroatoms. The van der Waals surface area contributed by atoms with E-state index in [2.05, 4.69) is 121 Å². The van der Waals surface area contributed by atoms with E-state index >= 15 is 0 Å². The summed E-state index contributed by atoms with van der Waals surface area (Å²) in [4.78, 5) is 0. The summed E-state index contributed by atoms with van der Waals surface area (Å²) in [7, 11) is -0.341. The number of rotatable bonds is 5. The van der Waals surface area contributed by atoms with Gasteiger partial charge in [-0.15, -0.1) is 0 Å². The lowest BCUT2D eigenvalue weighted by atomic mass is 10.0. The summed E-state index contributed by atoms with van der Waals surface area (Å²) in [5.74, 6) is 0. The first-order chi connectivity index (χ1) is 14.9. The van der Waals surface area contributed by atoms with Gasteiger partial charge in [0.1, 0.15) is 0 Å². The highest BCUT2D eigenvalue weighted by atomic mass is 31.1. The molecule has 1 aliphatic heterocycles. The summed E-state index contributed by atoms with van der Waals surface area (Å²) in [6.45, 7) is 0. The minimum absolute atomic E-state index is 0.341. The van der Waals surface area contributed by atoms with E-state index in [0.29, 0.717) is 17.0 Å². The zero-order chi connectivity index (χ0) is 20.2. The largest absolute Gasteiger partial charge is 0.0791 e. The predicted octanol–water partition coefficient (Wildman–Crippen LogP) is 8.53. The monoisotopic (exact) mass is 406 g/mol. The Balaban J connectivity index is 1.67. The molecule has 2 atom stereocenters. The first-order valence-corrected chi connectivity index (χ1v) is 12.4. The van der Waals surface area contributed by atoms with Crippen LogP contribution in [0.5, 0.6) is 0 Å². The van der Waals surface area contributed by atoms with Crippen LogP contribution < -0.4 is 0 Å². The van der Waals surface area contributed by atoms with Crippen molar-refractivity contribution >= 4 is 7.92 Å². The summed E-state index contributed by atoms with van der Waals surface area (Å²) in [5, 5.41) is 0.